The van der Waals surface area contributed by atoms with Crippen molar-refractivity contribution in [3.05, 3.63) is 23.0 Å². The number of aryl methyl sites for hydroxylation is 1. The average Bonchev–Trinajstić information content (AvgIpc) is 2.17. The number of hydrogen-bond acceptors (Lipinski definition) is 2. The van der Waals surface area contributed by atoms with Crippen LogP contribution < -0.4 is 4.74 Å². The molecular weight excluding hydrogens is 210 g/mol. The lowest BCUT2D eigenvalue weighted by atomic mass is 9.96. The molecule has 0 radical (unpaired) electrons. The van der Waals surface area contributed by atoms with Crippen molar-refractivity contribution in [2.75, 3.05) is 0 Å². The number of aromatic nitrogens is 1. The van der Waals surface area contributed by atoms with Gasteiger partial charge in [0.2, 0.25) is 0 Å². The first kappa shape index (κ1) is 12.3. The molecule has 2 nitrogen and oxygen atoms in total. The molecule has 1 saturated carbocycles. The summed E-state index contributed by atoms with van der Waals surface area (Å²) in [6, 6.07) is 1.83. The fourth-order valence-corrected chi connectivity index (χ4v) is 1.51. The van der Waals surface area contributed by atoms with Crippen molar-refractivity contribution in [2.45, 2.75) is 46.1 Å². The second-order valence-electron chi connectivity index (χ2n) is 3.44. The van der Waals surface area contributed by atoms with E-state index in [4.69, 9.17) is 16.3 Å². The van der Waals surface area contributed by atoms with Gasteiger partial charge in [-0.25, -0.2) is 4.98 Å². The van der Waals surface area contributed by atoms with Crippen molar-refractivity contribution in [3.8, 4) is 5.75 Å². The van der Waals surface area contributed by atoms with Gasteiger partial charge >= 0.3 is 0 Å². The molecule has 0 N–H and O–H groups in total. The molecule has 0 spiro atoms. The Morgan fingerprint density at radius 1 is 1.40 bits per heavy atom. The summed E-state index contributed by atoms with van der Waals surface area (Å²) in [7, 11) is 0. The Bertz CT molecular complexity index is 310. The molecule has 1 aliphatic rings. The summed E-state index contributed by atoms with van der Waals surface area (Å²) in [6.45, 7) is 5.99. The van der Waals surface area contributed by atoms with Gasteiger partial charge in [0.15, 0.2) is 0 Å². The molecule has 0 amide bonds. The van der Waals surface area contributed by atoms with Crippen LogP contribution in [-0.2, 0) is 0 Å². The molecule has 3 heteroatoms. The Balaban J connectivity index is 0.000000531. The van der Waals surface area contributed by atoms with Crippen LogP contribution in [0.5, 0.6) is 5.75 Å². The number of hydrogen-bond donors (Lipinski definition) is 0. The number of halogens is 1. The Morgan fingerprint density at radius 2 is 2.07 bits per heavy atom. The minimum atomic E-state index is 0.404. The third-order valence-corrected chi connectivity index (χ3v) is 2.58. The monoisotopic (exact) mass is 227 g/mol. The van der Waals surface area contributed by atoms with Gasteiger partial charge in [0.05, 0.1) is 12.3 Å². The first-order chi connectivity index (χ1) is 7.25. The van der Waals surface area contributed by atoms with E-state index < -0.39 is 0 Å². The van der Waals surface area contributed by atoms with Gasteiger partial charge in [-0.2, -0.15) is 0 Å². The zero-order valence-electron chi connectivity index (χ0n) is 9.59. The summed E-state index contributed by atoms with van der Waals surface area (Å²) in [5, 5.41) is 0.526. The molecule has 15 heavy (non-hydrogen) atoms. The van der Waals surface area contributed by atoms with E-state index in [2.05, 4.69) is 4.98 Å². The fraction of sp³-hybridized carbons (Fsp3) is 0.583. The van der Waals surface area contributed by atoms with E-state index in [1.165, 1.54) is 19.3 Å². The predicted octanol–water partition coefficient (Wildman–Crippen LogP) is 4.00. The quantitative estimate of drug-likeness (QED) is 0.713. The van der Waals surface area contributed by atoms with Crippen LogP contribution in [0.15, 0.2) is 12.3 Å². The molecule has 0 saturated heterocycles. The van der Waals surface area contributed by atoms with Crippen molar-refractivity contribution in [1.29, 1.82) is 0 Å². The van der Waals surface area contributed by atoms with Gasteiger partial charge in [0.25, 0.3) is 0 Å². The largest absolute Gasteiger partial charge is 0.489 e. The Labute approximate surface area is 96.6 Å². The maximum absolute atomic E-state index is 5.73. The highest BCUT2D eigenvalue weighted by atomic mass is 35.5. The maximum Gasteiger partial charge on any atom is 0.141 e. The fourth-order valence-electron chi connectivity index (χ4n) is 1.30. The van der Waals surface area contributed by atoms with Crippen LogP contribution in [0, 0.1) is 6.92 Å². The van der Waals surface area contributed by atoms with Gasteiger partial charge in [-0.1, -0.05) is 25.4 Å². The summed E-state index contributed by atoms with van der Waals surface area (Å²) in [5.74, 6) is 0.870. The normalized spacial score (nSPS) is 14.9. The topological polar surface area (TPSA) is 22.1 Å². The molecule has 0 bridgehead atoms. The van der Waals surface area contributed by atoms with Crippen molar-refractivity contribution >= 4 is 11.6 Å². The number of ether oxygens (including phenoxy) is 1. The van der Waals surface area contributed by atoms with Gasteiger partial charge in [-0.3, -0.25) is 0 Å². The van der Waals surface area contributed by atoms with Crippen molar-refractivity contribution < 1.29 is 4.74 Å². The van der Waals surface area contributed by atoms with E-state index >= 15 is 0 Å². The first-order valence-corrected chi connectivity index (χ1v) is 5.92. The van der Waals surface area contributed by atoms with Crippen molar-refractivity contribution in [1.82, 2.24) is 4.98 Å². The van der Waals surface area contributed by atoms with E-state index in [0.29, 0.717) is 11.3 Å². The van der Waals surface area contributed by atoms with Gasteiger partial charge in [0.1, 0.15) is 10.9 Å². The molecule has 84 valence electrons. The van der Waals surface area contributed by atoms with Crippen LogP contribution in [0.2, 0.25) is 5.15 Å². The van der Waals surface area contributed by atoms with E-state index in [0.717, 1.165) is 11.3 Å². The van der Waals surface area contributed by atoms with E-state index in [1.54, 1.807) is 6.20 Å². The first-order valence-electron chi connectivity index (χ1n) is 5.54. The third-order valence-electron chi connectivity index (χ3n) is 2.38. The predicted molar refractivity (Wildman–Crippen MR) is 63.6 cm³/mol. The number of pyridine rings is 1. The van der Waals surface area contributed by atoms with Crippen LogP contribution in [0.4, 0.5) is 0 Å². The second kappa shape index (κ2) is 5.96. The minimum Gasteiger partial charge on any atom is -0.489 e. The Morgan fingerprint density at radius 3 is 2.53 bits per heavy atom. The highest BCUT2D eigenvalue weighted by Gasteiger charge is 2.19. The summed E-state index contributed by atoms with van der Waals surface area (Å²) >= 11 is 5.73. The summed E-state index contributed by atoms with van der Waals surface area (Å²) in [4.78, 5) is 3.99. The van der Waals surface area contributed by atoms with Crippen molar-refractivity contribution in [3.63, 3.8) is 0 Å². The van der Waals surface area contributed by atoms with Crippen LogP contribution in [0.3, 0.4) is 0 Å². The Kier molecular flexibility index (Phi) is 4.89. The molecule has 0 aliphatic heterocycles. The molecule has 2 rings (SSSR count). The van der Waals surface area contributed by atoms with Gasteiger partial charge in [-0.05, 0) is 37.8 Å². The average molecular weight is 228 g/mol. The second-order valence-corrected chi connectivity index (χ2v) is 3.83. The SMILES string of the molecule is CC.Cc1cc(Cl)ncc1OC1CCC1. The molecule has 0 aromatic carbocycles. The molecule has 1 aromatic heterocycles. The molecule has 1 fully saturated rings. The third kappa shape index (κ3) is 3.38. The van der Waals surface area contributed by atoms with E-state index in [1.807, 2.05) is 26.8 Å². The van der Waals surface area contributed by atoms with Crippen molar-refractivity contribution in [2.24, 2.45) is 0 Å². The van der Waals surface area contributed by atoms with Crippen LogP contribution >= 0.6 is 11.6 Å². The lowest BCUT2D eigenvalue weighted by molar-refractivity contribution is 0.119. The maximum atomic E-state index is 5.73. The molecule has 0 atom stereocenters. The molecule has 1 aromatic rings. The minimum absolute atomic E-state index is 0.404. The molecule has 1 heterocycles. The molecule has 0 unspecified atom stereocenters. The summed E-state index contributed by atoms with van der Waals surface area (Å²) in [6.07, 6.45) is 5.73. The molecular formula is C12H18ClNO. The lowest BCUT2D eigenvalue weighted by Crippen LogP contribution is -2.24. The Hall–Kier alpha value is -0.760. The zero-order valence-corrected chi connectivity index (χ0v) is 10.3. The lowest BCUT2D eigenvalue weighted by Gasteiger charge is -2.26. The van der Waals surface area contributed by atoms with Crippen LogP contribution in [-0.4, -0.2) is 11.1 Å². The summed E-state index contributed by atoms with van der Waals surface area (Å²) in [5.41, 5.74) is 1.06. The van der Waals surface area contributed by atoms with Gasteiger partial charge in [-0.15, -0.1) is 0 Å². The smallest absolute Gasteiger partial charge is 0.141 e. The van der Waals surface area contributed by atoms with Crippen LogP contribution in [0.1, 0.15) is 38.7 Å². The van der Waals surface area contributed by atoms with Gasteiger partial charge < -0.3 is 4.74 Å². The number of nitrogens with zero attached hydrogens (tertiary/aromatic N) is 1. The number of rotatable bonds is 2. The standard InChI is InChI=1S/C10H12ClNO.C2H6/c1-7-5-10(11)12-6-9(7)13-8-3-2-4-8;1-2/h5-6,8H,2-4H2,1H3;1-2H3. The zero-order chi connectivity index (χ0) is 11.3. The highest BCUT2D eigenvalue weighted by Crippen LogP contribution is 2.27. The van der Waals surface area contributed by atoms with E-state index in [-0.39, 0.29) is 0 Å². The van der Waals surface area contributed by atoms with E-state index in [9.17, 15) is 0 Å². The molecule has 1 aliphatic carbocycles. The van der Waals surface area contributed by atoms with Gasteiger partial charge in [0, 0.05) is 0 Å². The highest BCUT2D eigenvalue weighted by molar-refractivity contribution is 6.29. The summed E-state index contributed by atoms with van der Waals surface area (Å²) < 4.78 is 5.71. The van der Waals surface area contributed by atoms with Crippen LogP contribution in [0.25, 0.3) is 0 Å².